The third-order valence-corrected chi connectivity index (χ3v) is 6.01. The maximum atomic E-state index is 12.9. The Hall–Kier alpha value is -3.31. The number of rotatable bonds is 12. The van der Waals surface area contributed by atoms with E-state index in [4.69, 9.17) is 11.6 Å². The number of hydrogen-bond acceptors (Lipinski definition) is 6. The van der Waals surface area contributed by atoms with E-state index in [1.807, 2.05) is 17.9 Å². The number of amides is 1. The Bertz CT molecular complexity index is 1170. The van der Waals surface area contributed by atoms with Gasteiger partial charge in [0.2, 0.25) is 5.91 Å². The minimum atomic E-state index is -4.48. The smallest absolute Gasteiger partial charge is 0.309 e. The van der Waals surface area contributed by atoms with Crippen LogP contribution in [0.4, 0.5) is 18.9 Å². The first-order chi connectivity index (χ1) is 17.6. The van der Waals surface area contributed by atoms with Crippen LogP contribution in [0.25, 0.3) is 5.69 Å². The van der Waals surface area contributed by atoms with Crippen LogP contribution in [0.15, 0.2) is 49.1 Å². The standard InChI is InChI=1S/C25H28ClF3N6O2/c1-3-34(21-16-35(32-24(21)26)20-7-5-11-30-13-20)23(37)8-4-6-19(17-36)15-33(2)14-18-9-10-22(31-12-18)25(27,28)29/h5,7,9-13,16-17,19H,3-4,6,8,14-15H2,1-2H3. The Labute approximate surface area is 218 Å². The minimum Gasteiger partial charge on any atom is -0.309 e. The van der Waals surface area contributed by atoms with Crippen molar-refractivity contribution in [3.8, 4) is 5.69 Å². The molecule has 0 N–H and O–H groups in total. The quantitative estimate of drug-likeness (QED) is 0.309. The van der Waals surface area contributed by atoms with Gasteiger partial charge in [-0.15, -0.1) is 0 Å². The maximum absolute atomic E-state index is 12.9. The number of nitrogens with zero attached hydrogens (tertiary/aromatic N) is 6. The molecule has 1 atom stereocenters. The highest BCUT2D eigenvalue weighted by Gasteiger charge is 2.32. The highest BCUT2D eigenvalue weighted by molar-refractivity contribution is 6.32. The van der Waals surface area contributed by atoms with E-state index in [0.717, 1.165) is 12.4 Å². The maximum Gasteiger partial charge on any atom is 0.433 e. The minimum absolute atomic E-state index is 0.135. The van der Waals surface area contributed by atoms with Gasteiger partial charge in [-0.25, -0.2) is 4.68 Å². The second-order valence-corrected chi connectivity index (χ2v) is 8.99. The van der Waals surface area contributed by atoms with Crippen LogP contribution < -0.4 is 4.90 Å². The zero-order valence-corrected chi connectivity index (χ0v) is 21.3. The lowest BCUT2D eigenvalue weighted by atomic mass is 10.0. The van der Waals surface area contributed by atoms with Crippen LogP contribution in [0.3, 0.4) is 0 Å². The van der Waals surface area contributed by atoms with E-state index >= 15 is 0 Å². The number of aromatic nitrogens is 4. The third-order valence-electron chi connectivity index (χ3n) is 5.74. The first-order valence-corrected chi connectivity index (χ1v) is 12.1. The number of carbonyl (C=O) groups is 2. The van der Waals surface area contributed by atoms with Gasteiger partial charge < -0.3 is 14.6 Å². The van der Waals surface area contributed by atoms with Crippen molar-refractivity contribution in [2.75, 3.05) is 25.0 Å². The Morgan fingerprint density at radius 2 is 2.03 bits per heavy atom. The molecule has 3 heterocycles. The summed E-state index contributed by atoms with van der Waals surface area (Å²) in [4.78, 5) is 35.5. The number of aldehydes is 1. The Morgan fingerprint density at radius 1 is 1.24 bits per heavy atom. The fraction of sp³-hybridized carbons (Fsp3) is 0.400. The molecule has 1 amide bonds. The van der Waals surface area contributed by atoms with E-state index < -0.39 is 11.9 Å². The van der Waals surface area contributed by atoms with Gasteiger partial charge in [0.1, 0.15) is 17.7 Å². The molecule has 0 aromatic carbocycles. The van der Waals surface area contributed by atoms with E-state index in [9.17, 15) is 22.8 Å². The topological polar surface area (TPSA) is 84.2 Å². The van der Waals surface area contributed by atoms with Crippen LogP contribution in [0.1, 0.15) is 37.4 Å². The molecular formula is C25H28ClF3N6O2. The predicted molar refractivity (Wildman–Crippen MR) is 133 cm³/mol. The summed E-state index contributed by atoms with van der Waals surface area (Å²) in [5.41, 5.74) is 0.873. The van der Waals surface area contributed by atoms with Gasteiger partial charge in [-0.05, 0) is 50.6 Å². The molecule has 37 heavy (non-hydrogen) atoms. The van der Waals surface area contributed by atoms with Crippen molar-refractivity contribution >= 4 is 29.5 Å². The number of anilines is 1. The number of halogens is 4. The van der Waals surface area contributed by atoms with Crippen molar-refractivity contribution in [1.82, 2.24) is 24.6 Å². The second kappa shape index (κ2) is 12.8. The van der Waals surface area contributed by atoms with Gasteiger partial charge in [-0.1, -0.05) is 17.7 Å². The molecule has 198 valence electrons. The molecule has 0 spiro atoms. The lowest BCUT2D eigenvalue weighted by molar-refractivity contribution is -0.141. The fourth-order valence-corrected chi connectivity index (χ4v) is 4.17. The van der Waals surface area contributed by atoms with Crippen molar-refractivity contribution in [2.24, 2.45) is 5.92 Å². The number of pyridine rings is 2. The lowest BCUT2D eigenvalue weighted by Crippen LogP contribution is -2.31. The molecule has 0 saturated carbocycles. The van der Waals surface area contributed by atoms with E-state index in [-0.39, 0.29) is 23.4 Å². The van der Waals surface area contributed by atoms with Gasteiger partial charge in [0.15, 0.2) is 5.15 Å². The largest absolute Gasteiger partial charge is 0.433 e. The van der Waals surface area contributed by atoms with Gasteiger partial charge in [0.25, 0.3) is 0 Å². The molecule has 12 heteroatoms. The molecular weight excluding hydrogens is 509 g/mol. The molecule has 0 saturated heterocycles. The highest BCUT2D eigenvalue weighted by atomic mass is 35.5. The molecule has 0 bridgehead atoms. The Kier molecular flexibility index (Phi) is 9.76. The van der Waals surface area contributed by atoms with Crippen LogP contribution in [0, 0.1) is 5.92 Å². The molecule has 8 nitrogen and oxygen atoms in total. The average Bonchev–Trinajstić information content (AvgIpc) is 3.25. The number of alkyl halides is 3. The Balaban J connectivity index is 1.51. The SMILES string of the molecule is CCN(C(=O)CCCC(C=O)CN(C)Cc1ccc(C(F)(F)F)nc1)c1cn(-c2cccnc2)nc1Cl. The molecule has 0 radical (unpaired) electrons. The normalized spacial score (nSPS) is 12.5. The van der Waals surface area contributed by atoms with Crippen molar-refractivity contribution in [3.05, 3.63) is 65.5 Å². The van der Waals surface area contributed by atoms with E-state index in [0.29, 0.717) is 49.4 Å². The molecule has 0 aliphatic carbocycles. The van der Waals surface area contributed by atoms with Crippen molar-refractivity contribution in [2.45, 2.75) is 38.9 Å². The van der Waals surface area contributed by atoms with Crippen LogP contribution in [0.5, 0.6) is 0 Å². The monoisotopic (exact) mass is 536 g/mol. The Morgan fingerprint density at radius 3 is 2.62 bits per heavy atom. The van der Waals surface area contributed by atoms with Crippen LogP contribution >= 0.6 is 11.6 Å². The summed E-state index contributed by atoms with van der Waals surface area (Å²) in [5.74, 6) is -0.462. The van der Waals surface area contributed by atoms with Gasteiger partial charge in [-0.3, -0.25) is 14.8 Å². The molecule has 0 aliphatic heterocycles. The summed E-state index contributed by atoms with van der Waals surface area (Å²) in [6.07, 6.45) is 3.72. The van der Waals surface area contributed by atoms with E-state index in [2.05, 4.69) is 15.1 Å². The number of carbonyl (C=O) groups excluding carboxylic acids is 2. The van der Waals surface area contributed by atoms with E-state index in [1.165, 1.54) is 12.3 Å². The van der Waals surface area contributed by atoms with Crippen LogP contribution in [0.2, 0.25) is 5.15 Å². The first-order valence-electron chi connectivity index (χ1n) is 11.7. The fourth-order valence-electron chi connectivity index (χ4n) is 3.94. The molecule has 3 aromatic heterocycles. The zero-order chi connectivity index (χ0) is 27.0. The zero-order valence-electron chi connectivity index (χ0n) is 20.5. The summed E-state index contributed by atoms with van der Waals surface area (Å²) >= 11 is 6.32. The lowest BCUT2D eigenvalue weighted by Gasteiger charge is -2.22. The summed E-state index contributed by atoms with van der Waals surface area (Å²) in [6, 6.07) is 5.91. The van der Waals surface area contributed by atoms with Crippen molar-refractivity contribution in [3.63, 3.8) is 0 Å². The molecule has 3 rings (SSSR count). The van der Waals surface area contributed by atoms with Crippen molar-refractivity contribution < 1.29 is 22.8 Å². The summed E-state index contributed by atoms with van der Waals surface area (Å²) < 4.78 is 39.6. The van der Waals surface area contributed by atoms with Gasteiger partial charge in [-0.2, -0.15) is 18.3 Å². The summed E-state index contributed by atoms with van der Waals surface area (Å²) in [5, 5.41) is 4.47. The van der Waals surface area contributed by atoms with Gasteiger partial charge in [0, 0.05) is 44.4 Å². The number of hydrogen-bond donors (Lipinski definition) is 0. The first kappa shape index (κ1) is 28.3. The van der Waals surface area contributed by atoms with E-state index in [1.54, 1.807) is 41.3 Å². The summed E-state index contributed by atoms with van der Waals surface area (Å²) in [6.45, 7) is 2.99. The third kappa shape index (κ3) is 7.83. The molecule has 0 aliphatic rings. The molecule has 1 unspecified atom stereocenters. The molecule has 0 fully saturated rings. The van der Waals surface area contributed by atoms with Crippen LogP contribution in [-0.4, -0.2) is 57.0 Å². The van der Waals surface area contributed by atoms with Crippen LogP contribution in [-0.2, 0) is 22.3 Å². The predicted octanol–water partition coefficient (Wildman–Crippen LogP) is 4.80. The van der Waals surface area contributed by atoms with Gasteiger partial charge >= 0.3 is 6.18 Å². The second-order valence-electron chi connectivity index (χ2n) is 8.63. The summed E-state index contributed by atoms with van der Waals surface area (Å²) in [7, 11) is 1.78. The average molecular weight is 537 g/mol. The van der Waals surface area contributed by atoms with Gasteiger partial charge in [0.05, 0.1) is 18.1 Å². The highest BCUT2D eigenvalue weighted by Crippen LogP contribution is 2.28. The molecule has 3 aromatic rings. The van der Waals surface area contributed by atoms with Crippen molar-refractivity contribution in [1.29, 1.82) is 0 Å².